The van der Waals surface area contributed by atoms with Crippen molar-refractivity contribution in [1.29, 1.82) is 0 Å². The van der Waals surface area contributed by atoms with Gasteiger partial charge < -0.3 is 15.2 Å². The number of sulfonamides is 1. The molecule has 0 saturated carbocycles. The summed E-state index contributed by atoms with van der Waals surface area (Å²) in [4.78, 5) is 11.8. The quantitative estimate of drug-likeness (QED) is 0.530. The molecule has 0 aromatic heterocycles. The van der Waals surface area contributed by atoms with Crippen LogP contribution in [0.25, 0.3) is 0 Å². The van der Waals surface area contributed by atoms with Gasteiger partial charge in [0.25, 0.3) is 10.0 Å². The minimum atomic E-state index is -4.18. The lowest BCUT2D eigenvalue weighted by molar-refractivity contribution is 0.199. The van der Waals surface area contributed by atoms with Crippen LogP contribution in [0.5, 0.6) is 11.5 Å². The molecular formula is C19H22Cl2N2O5S. The van der Waals surface area contributed by atoms with Crippen molar-refractivity contribution in [1.82, 2.24) is 5.32 Å². The molecule has 7 nitrogen and oxygen atoms in total. The van der Waals surface area contributed by atoms with Crippen LogP contribution in [0.2, 0.25) is 10.0 Å². The van der Waals surface area contributed by atoms with E-state index in [0.29, 0.717) is 24.1 Å². The minimum Gasteiger partial charge on any atom is -0.505 e. The molecule has 0 aliphatic carbocycles. The number of carbonyl (C=O) groups excluding carboxylic acids is 1. The maximum absolute atomic E-state index is 13.1. The summed E-state index contributed by atoms with van der Waals surface area (Å²) >= 11 is 11.9. The van der Waals surface area contributed by atoms with E-state index >= 15 is 0 Å². The van der Waals surface area contributed by atoms with E-state index in [-0.39, 0.29) is 32.1 Å². The number of nitrogens with one attached hydrogen (secondary N) is 2. The molecule has 0 atom stereocenters. The summed E-state index contributed by atoms with van der Waals surface area (Å²) in [6, 6.07) is 4.39. The summed E-state index contributed by atoms with van der Waals surface area (Å²) in [5.41, 5.74) is 1.51. The van der Waals surface area contributed by atoms with Crippen LogP contribution in [0.15, 0.2) is 23.1 Å². The number of phenolic OH excluding ortho intramolecular Hbond substituents is 1. The SMILES string of the molecule is CCCNC(=O)Oc1cc(C)cc(C)c1S(=O)(=O)Nc1cc(Cl)c(O)c(Cl)c1C. The zero-order valence-corrected chi connectivity index (χ0v) is 18.7. The van der Waals surface area contributed by atoms with E-state index in [4.69, 9.17) is 27.9 Å². The Balaban J connectivity index is 2.51. The third-order valence-electron chi connectivity index (χ3n) is 4.06. The molecule has 3 N–H and O–H groups in total. The molecule has 0 heterocycles. The maximum Gasteiger partial charge on any atom is 0.412 e. The van der Waals surface area contributed by atoms with Crippen molar-refractivity contribution >= 4 is 45.0 Å². The van der Waals surface area contributed by atoms with Gasteiger partial charge in [-0.2, -0.15) is 0 Å². The Morgan fingerprint density at radius 2 is 1.83 bits per heavy atom. The van der Waals surface area contributed by atoms with Crippen LogP contribution in [-0.4, -0.2) is 26.2 Å². The zero-order chi connectivity index (χ0) is 21.9. The molecule has 0 saturated heterocycles. The van der Waals surface area contributed by atoms with Gasteiger partial charge in [0.05, 0.1) is 15.7 Å². The summed E-state index contributed by atoms with van der Waals surface area (Å²) < 4.78 is 34.0. The number of halogens is 2. The van der Waals surface area contributed by atoms with Crippen molar-refractivity contribution in [2.45, 2.75) is 39.0 Å². The zero-order valence-electron chi connectivity index (χ0n) is 16.4. The number of rotatable bonds is 6. The number of hydrogen-bond donors (Lipinski definition) is 3. The Kier molecular flexibility index (Phi) is 7.26. The monoisotopic (exact) mass is 460 g/mol. The Bertz CT molecular complexity index is 1060. The van der Waals surface area contributed by atoms with Gasteiger partial charge in [0.15, 0.2) is 11.5 Å². The second kappa shape index (κ2) is 9.11. The molecule has 0 unspecified atom stereocenters. The molecule has 0 spiro atoms. The van der Waals surface area contributed by atoms with Gasteiger partial charge in [-0.05, 0) is 56.0 Å². The van der Waals surface area contributed by atoms with Crippen LogP contribution in [0.4, 0.5) is 10.5 Å². The van der Waals surface area contributed by atoms with Crippen molar-refractivity contribution in [2.75, 3.05) is 11.3 Å². The van der Waals surface area contributed by atoms with E-state index in [0.717, 1.165) is 5.56 Å². The molecule has 0 aliphatic rings. The molecule has 1 amide bonds. The summed E-state index contributed by atoms with van der Waals surface area (Å²) in [5, 5.41) is 12.2. The molecule has 158 valence electrons. The fourth-order valence-electron chi connectivity index (χ4n) is 2.70. The van der Waals surface area contributed by atoms with Crippen molar-refractivity contribution < 1.29 is 23.1 Å². The van der Waals surface area contributed by atoms with Crippen molar-refractivity contribution in [2.24, 2.45) is 0 Å². The number of carbonyl (C=O) groups is 1. The summed E-state index contributed by atoms with van der Waals surface area (Å²) in [5.74, 6) is -0.436. The number of aromatic hydroxyl groups is 1. The van der Waals surface area contributed by atoms with Gasteiger partial charge in [0, 0.05) is 6.54 Å². The Labute approximate surface area is 180 Å². The summed E-state index contributed by atoms with van der Waals surface area (Å²) in [6.07, 6.45) is -0.0451. The predicted octanol–water partition coefficient (Wildman–Crippen LogP) is 4.92. The second-order valence-corrected chi connectivity index (χ2v) is 8.93. The molecule has 0 aliphatic heterocycles. The molecule has 0 fully saturated rings. The highest BCUT2D eigenvalue weighted by molar-refractivity contribution is 7.92. The van der Waals surface area contributed by atoms with E-state index in [2.05, 4.69) is 10.0 Å². The van der Waals surface area contributed by atoms with E-state index in [1.807, 2.05) is 6.92 Å². The number of hydrogen-bond acceptors (Lipinski definition) is 5. The predicted molar refractivity (Wildman–Crippen MR) is 114 cm³/mol. The van der Waals surface area contributed by atoms with Crippen molar-refractivity contribution in [3.8, 4) is 11.5 Å². The fourth-order valence-corrected chi connectivity index (χ4v) is 4.61. The molecule has 2 aromatic carbocycles. The molecular weight excluding hydrogens is 439 g/mol. The molecule has 2 aromatic rings. The minimum absolute atomic E-state index is 0.0637. The first-order valence-corrected chi connectivity index (χ1v) is 11.0. The van der Waals surface area contributed by atoms with Crippen LogP contribution in [-0.2, 0) is 10.0 Å². The van der Waals surface area contributed by atoms with Crippen LogP contribution in [0.3, 0.4) is 0 Å². The number of anilines is 1. The Morgan fingerprint density at radius 3 is 2.45 bits per heavy atom. The van der Waals surface area contributed by atoms with E-state index in [1.54, 1.807) is 19.9 Å². The van der Waals surface area contributed by atoms with Gasteiger partial charge >= 0.3 is 6.09 Å². The first-order chi connectivity index (χ1) is 13.5. The Hall–Kier alpha value is -2.16. The average molecular weight is 461 g/mol. The van der Waals surface area contributed by atoms with Crippen LogP contribution < -0.4 is 14.8 Å². The number of aryl methyl sites for hydroxylation is 2. The summed E-state index contributed by atoms with van der Waals surface area (Å²) in [7, 11) is -4.18. The highest BCUT2D eigenvalue weighted by atomic mass is 35.5. The van der Waals surface area contributed by atoms with Gasteiger partial charge in [-0.25, -0.2) is 13.2 Å². The smallest absolute Gasteiger partial charge is 0.412 e. The largest absolute Gasteiger partial charge is 0.505 e. The molecule has 10 heteroatoms. The van der Waals surface area contributed by atoms with Gasteiger partial charge in [-0.15, -0.1) is 0 Å². The van der Waals surface area contributed by atoms with Gasteiger partial charge in [0.1, 0.15) is 4.90 Å². The average Bonchev–Trinajstić information content (AvgIpc) is 2.61. The molecule has 2 rings (SSSR count). The third kappa shape index (κ3) is 5.26. The number of amides is 1. The van der Waals surface area contributed by atoms with Crippen molar-refractivity contribution in [3.05, 3.63) is 44.9 Å². The molecule has 0 radical (unpaired) electrons. The van der Waals surface area contributed by atoms with Crippen LogP contribution in [0.1, 0.15) is 30.0 Å². The normalized spacial score (nSPS) is 11.2. The molecule has 0 bridgehead atoms. The third-order valence-corrected chi connectivity index (χ3v) is 6.36. The lowest BCUT2D eigenvalue weighted by Gasteiger charge is -2.17. The topological polar surface area (TPSA) is 105 Å². The highest BCUT2D eigenvalue weighted by Crippen LogP contribution is 2.40. The highest BCUT2D eigenvalue weighted by Gasteiger charge is 2.26. The van der Waals surface area contributed by atoms with Gasteiger partial charge in [-0.3, -0.25) is 4.72 Å². The van der Waals surface area contributed by atoms with Crippen molar-refractivity contribution in [3.63, 3.8) is 0 Å². The maximum atomic E-state index is 13.1. The van der Waals surface area contributed by atoms with Gasteiger partial charge in [0.2, 0.25) is 0 Å². The number of benzene rings is 2. The van der Waals surface area contributed by atoms with Crippen LogP contribution in [0, 0.1) is 20.8 Å². The van der Waals surface area contributed by atoms with E-state index < -0.39 is 16.1 Å². The standard InChI is InChI=1S/C19H22Cl2N2O5S/c1-5-6-22-19(25)28-15-8-10(2)7-11(3)18(15)29(26,27)23-14-9-13(20)17(24)16(21)12(14)4/h7-9,23-24H,5-6H2,1-4H3,(H,22,25). The fraction of sp³-hybridized carbons (Fsp3) is 0.316. The first kappa shape index (κ1) is 23.1. The van der Waals surface area contributed by atoms with E-state index in [1.165, 1.54) is 19.1 Å². The van der Waals surface area contributed by atoms with E-state index in [9.17, 15) is 18.3 Å². The lowest BCUT2D eigenvalue weighted by Crippen LogP contribution is -2.28. The van der Waals surface area contributed by atoms with Crippen LogP contribution >= 0.6 is 23.2 Å². The summed E-state index contributed by atoms with van der Waals surface area (Å²) in [6.45, 7) is 7.17. The molecule has 29 heavy (non-hydrogen) atoms. The first-order valence-electron chi connectivity index (χ1n) is 8.75. The second-order valence-electron chi connectivity index (χ2n) is 6.52. The number of phenols is 1. The number of ether oxygens (including phenoxy) is 1. The Morgan fingerprint density at radius 1 is 1.17 bits per heavy atom. The van der Waals surface area contributed by atoms with Gasteiger partial charge in [-0.1, -0.05) is 36.2 Å². The lowest BCUT2D eigenvalue weighted by atomic mass is 10.1.